The Morgan fingerprint density at radius 3 is 1.75 bits per heavy atom. The normalized spacial score (nSPS) is 25.2. The summed E-state index contributed by atoms with van der Waals surface area (Å²) in [5.74, 6) is 2.01. The third-order valence-electron chi connectivity index (χ3n) is 14.0. The number of carbonyl (C=O) groups is 3. The number of carbonyl (C=O) groups excluding carboxylic acids is 3. The minimum absolute atomic E-state index is 0.0291. The Morgan fingerprint density at radius 1 is 0.695 bits per heavy atom. The van der Waals surface area contributed by atoms with Crippen molar-refractivity contribution >= 4 is 29.0 Å². The van der Waals surface area contributed by atoms with Gasteiger partial charge in [-0.1, -0.05) is 26.0 Å². The standard InChI is InChI=1S/C25H30N2O4.C23H26N2O3/c1-3-24-9-10-25(30-13-14-31-25)16-19(24)8-12-29-22-15-18(6-7-20(22)24)23(28)27-21-5-4-11-26-17(21)2;1-3-23-10-8-18(26)14-17(23)9-12-28-21-13-16(6-7-19(21)23)22(27)25-20-5-4-11-24-15(20)2/h4-7,11,15,19H,3,8-10,12-14,16H2,1-2H3,(H,27,28);4-7,11,13,17H,3,8-10,12,14H2,1-2H3,(H,25,27)/t19-,24+;17-,23+/m00/s1. The van der Waals surface area contributed by atoms with E-state index in [0.29, 0.717) is 73.7 Å². The average molecular weight is 801 g/mol. The maximum absolute atomic E-state index is 12.9. The van der Waals surface area contributed by atoms with Crippen molar-refractivity contribution in [2.45, 2.75) is 109 Å². The highest BCUT2D eigenvalue weighted by atomic mass is 16.7. The molecule has 2 aliphatic carbocycles. The molecule has 1 saturated heterocycles. The maximum atomic E-state index is 12.9. The van der Waals surface area contributed by atoms with E-state index in [1.807, 2.05) is 62.4 Å². The molecule has 5 heterocycles. The summed E-state index contributed by atoms with van der Waals surface area (Å²) in [5.41, 5.74) is 6.54. The van der Waals surface area contributed by atoms with E-state index < -0.39 is 5.79 Å². The molecule has 2 aromatic carbocycles. The number of ether oxygens (including phenoxy) is 4. The molecule has 0 bridgehead atoms. The van der Waals surface area contributed by atoms with E-state index in [1.54, 1.807) is 18.5 Å². The predicted molar refractivity (Wildman–Crippen MR) is 225 cm³/mol. The third-order valence-corrected chi connectivity index (χ3v) is 14.0. The number of hydrogen-bond acceptors (Lipinski definition) is 9. The molecule has 59 heavy (non-hydrogen) atoms. The van der Waals surface area contributed by atoms with Crippen LogP contribution >= 0.6 is 0 Å². The number of aryl methyl sites for hydroxylation is 2. The lowest BCUT2D eigenvalue weighted by Gasteiger charge is -2.49. The van der Waals surface area contributed by atoms with Crippen molar-refractivity contribution in [2.75, 3.05) is 37.1 Å². The molecule has 11 nitrogen and oxygen atoms in total. The van der Waals surface area contributed by atoms with Crippen LogP contribution in [-0.2, 0) is 25.1 Å². The number of anilines is 2. The van der Waals surface area contributed by atoms with Crippen LogP contribution in [0, 0.1) is 25.7 Å². The van der Waals surface area contributed by atoms with Crippen molar-refractivity contribution in [3.8, 4) is 11.5 Å². The van der Waals surface area contributed by atoms with E-state index in [0.717, 1.165) is 85.5 Å². The number of pyridine rings is 2. The fourth-order valence-corrected chi connectivity index (χ4v) is 10.6. The Hall–Kier alpha value is -5.13. The fraction of sp³-hybridized carbons (Fsp3) is 0.479. The van der Waals surface area contributed by atoms with Crippen LogP contribution in [0.5, 0.6) is 11.5 Å². The highest BCUT2D eigenvalue weighted by Crippen LogP contribution is 2.56. The maximum Gasteiger partial charge on any atom is 0.255 e. The Bertz CT molecular complexity index is 2220. The number of amides is 2. The molecule has 2 N–H and O–H groups in total. The molecule has 5 aliphatic rings. The highest BCUT2D eigenvalue weighted by molar-refractivity contribution is 6.05. The van der Waals surface area contributed by atoms with Crippen molar-refractivity contribution in [1.29, 1.82) is 0 Å². The van der Waals surface area contributed by atoms with Gasteiger partial charge in [0, 0.05) is 71.2 Å². The number of fused-ring (bicyclic) bond motifs is 6. The molecule has 0 unspecified atom stereocenters. The topological polar surface area (TPSA) is 138 Å². The molecule has 1 spiro atoms. The van der Waals surface area contributed by atoms with Crippen LogP contribution < -0.4 is 20.1 Å². The van der Waals surface area contributed by atoms with Crippen molar-refractivity contribution in [3.05, 3.63) is 107 Å². The lowest BCUT2D eigenvalue weighted by Crippen LogP contribution is -2.48. The van der Waals surface area contributed by atoms with E-state index in [-0.39, 0.29) is 22.6 Å². The number of nitrogens with one attached hydrogen (secondary N) is 2. The first kappa shape index (κ1) is 40.6. The van der Waals surface area contributed by atoms with Gasteiger partial charge in [0.15, 0.2) is 5.79 Å². The number of rotatable bonds is 6. The van der Waals surface area contributed by atoms with Gasteiger partial charge in [-0.2, -0.15) is 0 Å². The Balaban J connectivity index is 0.000000165. The van der Waals surface area contributed by atoms with E-state index in [2.05, 4.69) is 40.5 Å². The minimum atomic E-state index is -0.407. The molecule has 3 fully saturated rings. The van der Waals surface area contributed by atoms with Crippen LogP contribution in [0.25, 0.3) is 0 Å². The SMILES string of the molecule is CC[C@@]12CCC(=O)C[C@@H]1CCOc1cc(C(=O)Nc3cccnc3C)ccc12.CC[C@@]12CCC3(C[C@@H]1CCOc1cc(C(=O)Nc4cccnc4C)ccc12)OCCO3. The summed E-state index contributed by atoms with van der Waals surface area (Å²) in [5, 5.41) is 5.90. The van der Waals surface area contributed by atoms with Gasteiger partial charge in [-0.05, 0) is 113 Å². The number of Topliss-reactive ketones (excluding diaryl/α,β-unsaturated/α-hetero) is 1. The summed E-state index contributed by atoms with van der Waals surface area (Å²) in [6.45, 7) is 10.8. The molecule has 4 aromatic rings. The first-order valence-electron chi connectivity index (χ1n) is 21.4. The first-order chi connectivity index (χ1) is 28.6. The van der Waals surface area contributed by atoms with E-state index in [1.165, 1.54) is 5.56 Å². The summed E-state index contributed by atoms with van der Waals surface area (Å²) < 4.78 is 24.4. The molecule has 2 aromatic heterocycles. The van der Waals surface area contributed by atoms with Gasteiger partial charge in [0.2, 0.25) is 0 Å². The molecule has 4 atom stereocenters. The van der Waals surface area contributed by atoms with Gasteiger partial charge in [-0.25, -0.2) is 0 Å². The zero-order valence-electron chi connectivity index (χ0n) is 34.7. The van der Waals surface area contributed by atoms with Gasteiger partial charge in [-0.15, -0.1) is 0 Å². The minimum Gasteiger partial charge on any atom is -0.493 e. The second-order valence-corrected chi connectivity index (χ2v) is 16.8. The Labute approximate surface area is 347 Å². The number of nitrogens with zero attached hydrogens (tertiary/aromatic N) is 2. The monoisotopic (exact) mass is 800 g/mol. The second-order valence-electron chi connectivity index (χ2n) is 16.8. The van der Waals surface area contributed by atoms with Gasteiger partial charge < -0.3 is 29.6 Å². The van der Waals surface area contributed by atoms with E-state index in [9.17, 15) is 14.4 Å². The summed E-state index contributed by atoms with van der Waals surface area (Å²) in [4.78, 5) is 46.2. The predicted octanol–water partition coefficient (Wildman–Crippen LogP) is 9.06. The van der Waals surface area contributed by atoms with Crippen LogP contribution in [-0.4, -0.2) is 59.8 Å². The second kappa shape index (κ2) is 16.9. The number of benzene rings is 2. The van der Waals surface area contributed by atoms with Crippen LogP contribution in [0.15, 0.2) is 73.1 Å². The molecule has 310 valence electrons. The number of hydrogen-bond donors (Lipinski definition) is 2. The van der Waals surface area contributed by atoms with Gasteiger partial charge in [0.25, 0.3) is 11.8 Å². The van der Waals surface area contributed by atoms with Gasteiger partial charge in [-0.3, -0.25) is 24.4 Å². The van der Waals surface area contributed by atoms with Crippen molar-refractivity contribution < 1.29 is 33.3 Å². The quantitative estimate of drug-likeness (QED) is 0.196. The molecule has 9 rings (SSSR count). The largest absolute Gasteiger partial charge is 0.493 e. The van der Waals surface area contributed by atoms with Gasteiger partial charge in [0.05, 0.1) is 49.2 Å². The van der Waals surface area contributed by atoms with Crippen LogP contribution in [0.2, 0.25) is 0 Å². The Kier molecular flexibility index (Phi) is 11.6. The van der Waals surface area contributed by atoms with Crippen LogP contribution in [0.1, 0.15) is 121 Å². The van der Waals surface area contributed by atoms with E-state index >= 15 is 0 Å². The van der Waals surface area contributed by atoms with Crippen LogP contribution in [0.4, 0.5) is 11.4 Å². The molecule has 11 heteroatoms. The van der Waals surface area contributed by atoms with Gasteiger partial charge >= 0.3 is 0 Å². The Morgan fingerprint density at radius 2 is 1.22 bits per heavy atom. The number of aromatic nitrogens is 2. The lowest BCUT2D eigenvalue weighted by molar-refractivity contribution is -0.199. The summed E-state index contributed by atoms with van der Waals surface area (Å²) in [7, 11) is 0. The van der Waals surface area contributed by atoms with Crippen molar-refractivity contribution in [2.24, 2.45) is 11.8 Å². The molecule has 2 saturated carbocycles. The molecule has 0 radical (unpaired) electrons. The molecule has 3 aliphatic heterocycles. The zero-order valence-corrected chi connectivity index (χ0v) is 34.7. The highest BCUT2D eigenvalue weighted by Gasteiger charge is 2.53. The molecule has 2 amide bonds. The van der Waals surface area contributed by atoms with Crippen molar-refractivity contribution in [1.82, 2.24) is 9.97 Å². The van der Waals surface area contributed by atoms with Gasteiger partial charge in [0.1, 0.15) is 17.3 Å². The summed E-state index contributed by atoms with van der Waals surface area (Å²) >= 11 is 0. The smallest absolute Gasteiger partial charge is 0.255 e. The molecular weight excluding hydrogens is 745 g/mol. The fourth-order valence-electron chi connectivity index (χ4n) is 10.6. The summed E-state index contributed by atoms with van der Waals surface area (Å²) in [6, 6.07) is 19.0. The third kappa shape index (κ3) is 7.87. The van der Waals surface area contributed by atoms with Crippen LogP contribution in [0.3, 0.4) is 0 Å². The van der Waals surface area contributed by atoms with Crippen molar-refractivity contribution in [3.63, 3.8) is 0 Å². The zero-order chi connectivity index (χ0) is 41.2. The number of ketones is 1. The van der Waals surface area contributed by atoms with E-state index in [4.69, 9.17) is 18.9 Å². The molecular formula is C48H56N4O7. The first-order valence-corrected chi connectivity index (χ1v) is 21.4. The summed E-state index contributed by atoms with van der Waals surface area (Å²) in [6.07, 6.45) is 12.2. The lowest BCUT2D eigenvalue weighted by atomic mass is 9.59. The average Bonchev–Trinajstić information content (AvgIpc) is 3.56.